The Morgan fingerprint density at radius 1 is 0.917 bits per heavy atom. The molecule has 0 saturated carbocycles. The number of phosphoric acid groups is 1. The number of nitrogens with two attached hydrogens (primary N) is 1. The Hall–Kier alpha value is -3.17. The van der Waals surface area contributed by atoms with Gasteiger partial charge in [-0.1, -0.05) is 77.6 Å². The van der Waals surface area contributed by atoms with Gasteiger partial charge in [0.25, 0.3) is 0 Å². The maximum absolute atomic E-state index is 12.5. The number of fused-ring (bicyclic) bond motifs is 1. The number of nitro benzene ring substituents is 1. The van der Waals surface area contributed by atoms with E-state index in [1.54, 1.807) is 0 Å². The Kier molecular flexibility index (Phi) is 20.5. The highest BCUT2D eigenvalue weighted by atomic mass is 31.2. The van der Waals surface area contributed by atoms with Crippen LogP contribution in [0.5, 0.6) is 0 Å². The lowest BCUT2D eigenvalue weighted by Crippen LogP contribution is -2.29. The Bertz CT molecular complexity index is 1280. The number of rotatable bonds is 29. The summed E-state index contributed by atoms with van der Waals surface area (Å²) in [6, 6.07) is 2.85. The lowest BCUT2D eigenvalue weighted by Gasteiger charge is -2.20. The summed E-state index contributed by atoms with van der Waals surface area (Å²) in [5.74, 6) is -1.03. The van der Waals surface area contributed by atoms with E-state index in [2.05, 4.69) is 27.2 Å². The Morgan fingerprint density at radius 2 is 1.52 bits per heavy atom. The number of phosphoric ester groups is 1. The highest BCUT2D eigenvalue weighted by molar-refractivity contribution is 7.47. The molecule has 272 valence electrons. The molecule has 1 aromatic carbocycles. The lowest BCUT2D eigenvalue weighted by molar-refractivity contribution is -0.383. The van der Waals surface area contributed by atoms with Crippen molar-refractivity contribution < 1.29 is 47.1 Å². The summed E-state index contributed by atoms with van der Waals surface area (Å²) in [5.41, 5.74) is 5.94. The van der Waals surface area contributed by atoms with Crippen molar-refractivity contribution in [1.29, 1.82) is 0 Å². The molecule has 0 amide bonds. The molecule has 0 bridgehead atoms. The van der Waals surface area contributed by atoms with Crippen LogP contribution < -0.4 is 11.1 Å². The molecule has 17 heteroatoms. The standard InChI is InChI=1S/C31H52N5O11P/c1-2-3-4-5-6-7-8-9-10-11-13-16-28(37)43-23-25(24-45-48(41,42)44-22-20-32)46-29(38)17-14-12-15-21-33-26-18-19-27(36(39)40)31-30(26)34-47-35-31/h18-19,25,33H,2-17,20-24,32H2,1H3,(H,41,42)/t25-/m1/s1. The Morgan fingerprint density at radius 3 is 2.17 bits per heavy atom. The second-order valence-electron chi connectivity index (χ2n) is 11.6. The summed E-state index contributed by atoms with van der Waals surface area (Å²) in [7, 11) is -4.44. The fourth-order valence-electron chi connectivity index (χ4n) is 4.87. The van der Waals surface area contributed by atoms with Gasteiger partial charge in [-0.25, -0.2) is 9.19 Å². The molecule has 2 atom stereocenters. The van der Waals surface area contributed by atoms with Crippen molar-refractivity contribution in [2.45, 2.75) is 116 Å². The van der Waals surface area contributed by atoms with Crippen molar-refractivity contribution in [2.75, 3.05) is 38.2 Å². The van der Waals surface area contributed by atoms with Gasteiger partial charge < -0.3 is 25.4 Å². The number of ether oxygens (including phenoxy) is 2. The molecule has 0 radical (unpaired) electrons. The average Bonchev–Trinajstić information content (AvgIpc) is 3.56. The fraction of sp³-hybridized carbons (Fsp3) is 0.742. The van der Waals surface area contributed by atoms with Gasteiger partial charge in [0.2, 0.25) is 5.52 Å². The maximum atomic E-state index is 12.5. The molecule has 2 aromatic rings. The number of anilines is 1. The van der Waals surface area contributed by atoms with Crippen LogP contribution in [-0.4, -0.2) is 71.1 Å². The van der Waals surface area contributed by atoms with Crippen molar-refractivity contribution in [3.05, 3.63) is 22.2 Å². The molecule has 0 fully saturated rings. The van der Waals surface area contributed by atoms with Gasteiger partial charge in [0.1, 0.15) is 6.61 Å². The molecule has 48 heavy (non-hydrogen) atoms. The van der Waals surface area contributed by atoms with E-state index in [1.807, 2.05) is 0 Å². The van der Waals surface area contributed by atoms with Gasteiger partial charge in [0.05, 0.1) is 23.8 Å². The molecule has 1 heterocycles. The van der Waals surface area contributed by atoms with E-state index in [0.29, 0.717) is 37.9 Å². The second-order valence-corrected chi connectivity index (χ2v) is 13.0. The van der Waals surface area contributed by atoms with Gasteiger partial charge in [-0.15, -0.1) is 0 Å². The van der Waals surface area contributed by atoms with E-state index in [9.17, 15) is 29.2 Å². The number of carbonyl (C=O) groups is 2. The first-order valence-electron chi connectivity index (χ1n) is 17.0. The number of aromatic nitrogens is 2. The van der Waals surface area contributed by atoms with Crippen molar-refractivity contribution in [1.82, 2.24) is 10.3 Å². The van der Waals surface area contributed by atoms with Gasteiger partial charge in [0, 0.05) is 32.0 Å². The minimum Gasteiger partial charge on any atom is -0.462 e. The van der Waals surface area contributed by atoms with Crippen LogP contribution in [-0.2, 0) is 32.7 Å². The molecule has 0 aliphatic carbocycles. The number of hydrogen-bond acceptors (Lipinski definition) is 14. The van der Waals surface area contributed by atoms with Crippen LogP contribution in [0, 0.1) is 10.1 Å². The first-order chi connectivity index (χ1) is 23.2. The van der Waals surface area contributed by atoms with Crippen LogP contribution in [0.4, 0.5) is 11.4 Å². The molecule has 1 aromatic heterocycles. The van der Waals surface area contributed by atoms with Crippen molar-refractivity contribution in [3.63, 3.8) is 0 Å². The summed E-state index contributed by atoms with van der Waals surface area (Å²) in [4.78, 5) is 45.3. The lowest BCUT2D eigenvalue weighted by atomic mass is 10.1. The largest absolute Gasteiger partial charge is 0.472 e. The maximum Gasteiger partial charge on any atom is 0.472 e. The van der Waals surface area contributed by atoms with Crippen LogP contribution in [0.2, 0.25) is 0 Å². The van der Waals surface area contributed by atoms with E-state index < -0.39 is 37.4 Å². The molecular formula is C31H52N5O11P. The van der Waals surface area contributed by atoms with Crippen molar-refractivity contribution in [2.24, 2.45) is 5.73 Å². The number of non-ortho nitro benzene ring substituents is 1. The summed E-state index contributed by atoms with van der Waals surface area (Å²) in [6.45, 7) is 1.67. The van der Waals surface area contributed by atoms with Crippen molar-refractivity contribution >= 4 is 42.2 Å². The minimum absolute atomic E-state index is 0.00808. The van der Waals surface area contributed by atoms with Crippen LogP contribution in [0.1, 0.15) is 110 Å². The predicted molar refractivity (Wildman–Crippen MR) is 178 cm³/mol. The van der Waals surface area contributed by atoms with E-state index in [4.69, 9.17) is 24.3 Å². The van der Waals surface area contributed by atoms with Crippen LogP contribution >= 0.6 is 7.82 Å². The number of nitro groups is 1. The molecule has 0 aliphatic rings. The highest BCUT2D eigenvalue weighted by Crippen LogP contribution is 2.43. The van der Waals surface area contributed by atoms with E-state index in [-0.39, 0.29) is 49.3 Å². The average molecular weight is 702 g/mol. The number of hydrogen-bond donors (Lipinski definition) is 3. The molecule has 2 rings (SSSR count). The monoisotopic (exact) mass is 701 g/mol. The number of benzene rings is 1. The zero-order valence-electron chi connectivity index (χ0n) is 28.0. The smallest absolute Gasteiger partial charge is 0.462 e. The zero-order valence-corrected chi connectivity index (χ0v) is 28.9. The Balaban J connectivity index is 1.69. The van der Waals surface area contributed by atoms with Crippen molar-refractivity contribution in [3.8, 4) is 0 Å². The normalized spacial score (nSPS) is 13.2. The molecule has 0 spiro atoms. The highest BCUT2D eigenvalue weighted by Gasteiger charge is 2.26. The first-order valence-corrected chi connectivity index (χ1v) is 18.5. The number of unbranched alkanes of at least 4 members (excludes halogenated alkanes) is 12. The third-order valence-corrected chi connectivity index (χ3v) is 8.46. The molecule has 0 aliphatic heterocycles. The predicted octanol–water partition coefficient (Wildman–Crippen LogP) is 6.35. The Labute approximate surface area is 281 Å². The van der Waals surface area contributed by atoms with E-state index in [0.717, 1.165) is 19.3 Å². The van der Waals surface area contributed by atoms with E-state index in [1.165, 1.54) is 57.1 Å². The number of nitrogens with zero attached hydrogens (tertiary/aromatic N) is 3. The summed E-state index contributed by atoms with van der Waals surface area (Å²) in [5, 5.41) is 21.6. The van der Waals surface area contributed by atoms with Gasteiger partial charge in [0.15, 0.2) is 11.6 Å². The molecule has 16 nitrogen and oxygen atoms in total. The zero-order chi connectivity index (χ0) is 35.0. The topological polar surface area (TPSA) is 228 Å². The third kappa shape index (κ3) is 17.3. The van der Waals surface area contributed by atoms with Crippen LogP contribution in [0.25, 0.3) is 11.0 Å². The molecule has 1 unspecified atom stereocenters. The SMILES string of the molecule is CCCCCCCCCCCCCC(=O)OC[C@H](COP(=O)(O)OCCN)OC(=O)CCCCCNc1ccc([N+](=O)[O-])c2nonc12. The number of esters is 2. The van der Waals surface area contributed by atoms with Gasteiger partial charge in [-0.2, -0.15) is 0 Å². The van der Waals surface area contributed by atoms with Crippen LogP contribution in [0.15, 0.2) is 16.8 Å². The summed E-state index contributed by atoms with van der Waals surface area (Å²) < 4.78 is 37.1. The van der Waals surface area contributed by atoms with E-state index >= 15 is 0 Å². The molecular weight excluding hydrogens is 649 g/mol. The van der Waals surface area contributed by atoms with Gasteiger partial charge >= 0.3 is 25.4 Å². The van der Waals surface area contributed by atoms with Crippen LogP contribution in [0.3, 0.4) is 0 Å². The quantitative estimate of drug-likeness (QED) is 0.0276. The fourth-order valence-corrected chi connectivity index (χ4v) is 5.64. The van der Waals surface area contributed by atoms with Gasteiger partial charge in [-0.05, 0) is 35.6 Å². The van der Waals surface area contributed by atoms with Gasteiger partial charge in [-0.3, -0.25) is 28.8 Å². The minimum atomic E-state index is -4.44. The molecule has 4 N–H and O–H groups in total. The summed E-state index contributed by atoms with van der Waals surface area (Å²) in [6.07, 6.45) is 13.7. The number of nitrogens with one attached hydrogen (secondary N) is 1. The third-order valence-electron chi connectivity index (χ3n) is 7.47. The summed E-state index contributed by atoms with van der Waals surface area (Å²) >= 11 is 0. The number of carbonyl (C=O) groups excluding carboxylic acids is 2. The first kappa shape index (κ1) is 41.0. The second kappa shape index (κ2) is 24.0. The molecule has 0 saturated heterocycles.